The van der Waals surface area contributed by atoms with E-state index in [0.29, 0.717) is 5.69 Å². The van der Waals surface area contributed by atoms with Crippen molar-refractivity contribution >= 4 is 32.6 Å². The van der Waals surface area contributed by atoms with Gasteiger partial charge >= 0.3 is 0 Å². The molecule has 0 aliphatic rings. The molecule has 0 unspecified atom stereocenters. The van der Waals surface area contributed by atoms with Crippen LogP contribution in [0.5, 0.6) is 0 Å². The number of allylic oxidation sites excluding steroid dienone is 5. The fourth-order valence-electron chi connectivity index (χ4n) is 1.51. The lowest BCUT2D eigenvalue weighted by atomic mass is 10.2. The summed E-state index contributed by atoms with van der Waals surface area (Å²) < 4.78 is 27.1. The lowest BCUT2D eigenvalue weighted by Gasteiger charge is -2.09. The highest BCUT2D eigenvalue weighted by molar-refractivity contribution is 7.96. The van der Waals surface area contributed by atoms with Gasteiger partial charge in [-0.15, -0.1) is 0 Å². The van der Waals surface area contributed by atoms with E-state index in [1.807, 2.05) is 0 Å². The fraction of sp³-hybridized carbons (Fsp3) is 0.133. The Kier molecular flexibility index (Phi) is 6.39. The number of para-hydroxylation sites is 1. The van der Waals surface area contributed by atoms with E-state index in [2.05, 4.69) is 4.72 Å². The Hall–Kier alpha value is -1.85. The molecule has 0 radical (unpaired) electrons. The molecule has 1 aromatic rings. The average molecular weight is 326 g/mol. The number of benzene rings is 1. The summed E-state index contributed by atoms with van der Waals surface area (Å²) in [5, 5.41) is -0.714. The number of hydrogen-bond donors (Lipinski definition) is 1. The third-order valence-electron chi connectivity index (χ3n) is 2.50. The summed E-state index contributed by atoms with van der Waals surface area (Å²) in [7, 11) is -3.80. The van der Waals surface area contributed by atoms with Crippen LogP contribution in [0.2, 0.25) is 0 Å². The van der Waals surface area contributed by atoms with E-state index in [-0.39, 0.29) is 10.5 Å². The Labute approximate surface area is 129 Å². The predicted octanol–water partition coefficient (Wildman–Crippen LogP) is 3.60. The second kappa shape index (κ2) is 7.81. The second-order valence-electron chi connectivity index (χ2n) is 4.04. The summed E-state index contributed by atoms with van der Waals surface area (Å²) in [6, 6.07) is 8.49. The van der Waals surface area contributed by atoms with Crippen LogP contribution in [0.1, 0.15) is 13.8 Å². The summed E-state index contributed by atoms with van der Waals surface area (Å²) in [5.74, 6) is 0. The largest absolute Gasteiger partial charge is 0.280 e. The molecule has 21 heavy (non-hydrogen) atoms. The van der Waals surface area contributed by atoms with Crippen molar-refractivity contribution in [3.05, 3.63) is 65.1 Å². The number of hydrogen-bond acceptors (Lipinski definition) is 3. The molecule has 0 aromatic heterocycles. The molecule has 0 aliphatic carbocycles. The van der Waals surface area contributed by atoms with Crippen molar-refractivity contribution in [2.45, 2.75) is 13.8 Å². The minimum atomic E-state index is -3.80. The fourth-order valence-corrected chi connectivity index (χ4v) is 2.83. The molecule has 0 spiro atoms. The SMILES string of the molecule is C\C=C/C(=C\C(=C/C)C(=O)Cl)S(=O)(=O)Nc1ccccc1. The van der Waals surface area contributed by atoms with Gasteiger partial charge in [0.25, 0.3) is 15.3 Å². The van der Waals surface area contributed by atoms with E-state index in [1.165, 1.54) is 18.2 Å². The van der Waals surface area contributed by atoms with Gasteiger partial charge in [0, 0.05) is 11.3 Å². The minimum Gasteiger partial charge on any atom is -0.280 e. The summed E-state index contributed by atoms with van der Waals surface area (Å²) in [4.78, 5) is 11.2. The molecule has 112 valence electrons. The van der Waals surface area contributed by atoms with Gasteiger partial charge in [-0.25, -0.2) is 8.42 Å². The highest BCUT2D eigenvalue weighted by Gasteiger charge is 2.16. The maximum absolute atomic E-state index is 12.4. The predicted molar refractivity (Wildman–Crippen MR) is 86.5 cm³/mol. The molecule has 0 fully saturated rings. The van der Waals surface area contributed by atoms with Crippen molar-refractivity contribution in [1.29, 1.82) is 0 Å². The molecule has 6 heteroatoms. The van der Waals surface area contributed by atoms with Crippen LogP contribution in [-0.2, 0) is 14.8 Å². The van der Waals surface area contributed by atoms with Crippen molar-refractivity contribution < 1.29 is 13.2 Å². The highest BCUT2D eigenvalue weighted by atomic mass is 35.5. The average Bonchev–Trinajstić information content (AvgIpc) is 2.43. The number of halogens is 1. The van der Waals surface area contributed by atoms with E-state index in [9.17, 15) is 13.2 Å². The number of carbonyl (C=O) groups excluding carboxylic acids is 1. The maximum atomic E-state index is 12.4. The first kappa shape index (κ1) is 17.2. The molecular weight excluding hydrogens is 310 g/mol. The van der Waals surface area contributed by atoms with Crippen LogP contribution >= 0.6 is 11.6 Å². The van der Waals surface area contributed by atoms with Gasteiger partial charge in [0.2, 0.25) is 0 Å². The van der Waals surface area contributed by atoms with E-state index in [4.69, 9.17) is 11.6 Å². The Morgan fingerprint density at radius 1 is 1.19 bits per heavy atom. The zero-order valence-corrected chi connectivity index (χ0v) is 13.3. The van der Waals surface area contributed by atoms with Gasteiger partial charge < -0.3 is 0 Å². The van der Waals surface area contributed by atoms with E-state index >= 15 is 0 Å². The van der Waals surface area contributed by atoms with Gasteiger partial charge in [0.1, 0.15) is 0 Å². The Morgan fingerprint density at radius 2 is 1.81 bits per heavy atom. The van der Waals surface area contributed by atoms with Gasteiger partial charge in [0.05, 0.1) is 4.91 Å². The summed E-state index contributed by atoms with van der Waals surface area (Å²) in [6.45, 7) is 3.29. The lowest BCUT2D eigenvalue weighted by Crippen LogP contribution is -2.14. The molecule has 0 heterocycles. The van der Waals surface area contributed by atoms with Crippen LogP contribution in [0, 0.1) is 0 Å². The van der Waals surface area contributed by atoms with Crippen LogP contribution in [0.25, 0.3) is 0 Å². The molecule has 0 amide bonds. The van der Waals surface area contributed by atoms with E-state index in [0.717, 1.165) is 0 Å². The van der Waals surface area contributed by atoms with Gasteiger partial charge in [-0.2, -0.15) is 0 Å². The molecule has 0 aliphatic heterocycles. The molecule has 4 nitrogen and oxygen atoms in total. The topological polar surface area (TPSA) is 63.2 Å². The maximum Gasteiger partial charge on any atom is 0.261 e. The monoisotopic (exact) mass is 325 g/mol. The summed E-state index contributed by atoms with van der Waals surface area (Å²) in [6.07, 6.45) is 5.66. The normalized spacial score (nSPS) is 13.5. The van der Waals surface area contributed by atoms with Crippen LogP contribution < -0.4 is 4.72 Å². The minimum absolute atomic E-state index is 0.0454. The number of sulfonamides is 1. The van der Waals surface area contributed by atoms with Gasteiger partial charge in [-0.3, -0.25) is 9.52 Å². The second-order valence-corrected chi connectivity index (χ2v) is 6.06. The first-order valence-electron chi connectivity index (χ1n) is 6.19. The van der Waals surface area contributed by atoms with Crippen LogP contribution in [-0.4, -0.2) is 13.7 Å². The van der Waals surface area contributed by atoms with Crippen molar-refractivity contribution in [3.8, 4) is 0 Å². The number of carbonyl (C=O) groups is 1. The zero-order valence-electron chi connectivity index (χ0n) is 11.7. The third kappa shape index (κ3) is 5.21. The number of anilines is 1. The molecule has 1 rings (SSSR count). The molecule has 0 saturated heterocycles. The Morgan fingerprint density at radius 3 is 2.29 bits per heavy atom. The Balaban J connectivity index is 3.21. The van der Waals surface area contributed by atoms with Crippen LogP contribution in [0.4, 0.5) is 5.69 Å². The Bertz CT molecular complexity index is 689. The molecular formula is C15H16ClNO3S. The van der Waals surface area contributed by atoms with Gasteiger partial charge in [0.15, 0.2) is 0 Å². The highest BCUT2D eigenvalue weighted by Crippen LogP contribution is 2.17. The molecule has 0 saturated carbocycles. The number of rotatable bonds is 6. The first-order chi connectivity index (χ1) is 9.90. The van der Waals surface area contributed by atoms with E-state index < -0.39 is 15.3 Å². The third-order valence-corrected chi connectivity index (χ3v) is 4.10. The van der Waals surface area contributed by atoms with Gasteiger partial charge in [-0.05, 0) is 49.7 Å². The van der Waals surface area contributed by atoms with Crippen molar-refractivity contribution in [2.75, 3.05) is 4.72 Å². The molecule has 0 atom stereocenters. The lowest BCUT2D eigenvalue weighted by molar-refractivity contribution is -0.108. The first-order valence-corrected chi connectivity index (χ1v) is 8.05. The molecule has 0 bridgehead atoms. The van der Waals surface area contributed by atoms with Crippen molar-refractivity contribution in [3.63, 3.8) is 0 Å². The zero-order chi connectivity index (χ0) is 15.9. The molecule has 1 aromatic carbocycles. The van der Waals surface area contributed by atoms with Gasteiger partial charge in [-0.1, -0.05) is 30.4 Å². The van der Waals surface area contributed by atoms with Crippen LogP contribution in [0.15, 0.2) is 65.1 Å². The van der Waals surface area contributed by atoms with Crippen molar-refractivity contribution in [1.82, 2.24) is 0 Å². The number of nitrogens with one attached hydrogen (secondary N) is 1. The van der Waals surface area contributed by atoms with E-state index in [1.54, 1.807) is 50.3 Å². The standard InChI is InChI=1S/C15H16ClNO3S/c1-3-8-14(11-12(4-2)15(16)18)21(19,20)17-13-9-6-5-7-10-13/h3-11,17H,1-2H3/b8-3-,12-4+,14-11+. The molecule has 1 N–H and O–H groups in total. The van der Waals surface area contributed by atoms with Crippen LogP contribution in [0.3, 0.4) is 0 Å². The quantitative estimate of drug-likeness (QED) is 0.494. The summed E-state index contributed by atoms with van der Waals surface area (Å²) >= 11 is 5.41. The smallest absolute Gasteiger partial charge is 0.261 e. The summed E-state index contributed by atoms with van der Waals surface area (Å²) in [5.41, 5.74) is 0.551. The van der Waals surface area contributed by atoms with Crippen molar-refractivity contribution in [2.24, 2.45) is 0 Å².